The van der Waals surface area contributed by atoms with Gasteiger partial charge in [0.05, 0.1) is 0 Å². The highest BCUT2D eigenvalue weighted by Crippen LogP contribution is 2.28. The van der Waals surface area contributed by atoms with Gasteiger partial charge in [-0.1, -0.05) is 0 Å². The molecule has 20 heavy (non-hydrogen) atoms. The van der Waals surface area contributed by atoms with Crippen molar-refractivity contribution < 1.29 is 0 Å². The first-order valence-electron chi connectivity index (χ1n) is 6.67. The predicted molar refractivity (Wildman–Crippen MR) is 81.7 cm³/mol. The van der Waals surface area contributed by atoms with E-state index in [2.05, 4.69) is 30.2 Å². The summed E-state index contributed by atoms with van der Waals surface area (Å²) in [6.07, 6.45) is 4.20. The molecule has 106 valence electrons. The molecule has 0 radical (unpaired) electrons. The van der Waals surface area contributed by atoms with Gasteiger partial charge in [0.25, 0.3) is 0 Å². The molecule has 8 heteroatoms. The van der Waals surface area contributed by atoms with E-state index in [0.717, 1.165) is 29.9 Å². The maximum Gasteiger partial charge on any atom is 0.231 e. The van der Waals surface area contributed by atoms with Gasteiger partial charge in [0.2, 0.25) is 17.1 Å². The Bertz CT molecular complexity index is 553. The largest absolute Gasteiger partial charge is 0.354 e. The molecule has 2 aromatic heterocycles. The molecule has 0 bridgehead atoms. The lowest BCUT2D eigenvalue weighted by atomic mass is 10.4. The van der Waals surface area contributed by atoms with Crippen LogP contribution in [0, 0.1) is 0 Å². The van der Waals surface area contributed by atoms with Gasteiger partial charge in [-0.15, -0.1) is 11.3 Å². The number of aromatic nitrogens is 4. The maximum absolute atomic E-state index is 4.57. The zero-order chi connectivity index (χ0) is 13.8. The average Bonchev–Trinajstić information content (AvgIpc) is 3.11. The van der Waals surface area contributed by atoms with E-state index in [1.165, 1.54) is 24.6 Å². The molecular weight excluding hydrogens is 292 g/mol. The van der Waals surface area contributed by atoms with Crippen molar-refractivity contribution in [3.8, 4) is 0 Å². The van der Waals surface area contributed by atoms with Gasteiger partial charge in [0, 0.05) is 31.2 Å². The second-order valence-corrected chi connectivity index (χ2v) is 6.48. The first-order chi connectivity index (χ1) is 9.85. The van der Waals surface area contributed by atoms with Gasteiger partial charge in [-0.2, -0.15) is 15.0 Å². The molecule has 1 aliphatic heterocycles. The zero-order valence-corrected chi connectivity index (χ0v) is 12.9. The molecule has 3 heterocycles. The zero-order valence-electron chi connectivity index (χ0n) is 11.2. The first-order valence-corrected chi connectivity index (χ1v) is 8.37. The van der Waals surface area contributed by atoms with Gasteiger partial charge in [-0.3, -0.25) is 0 Å². The number of thiazole rings is 1. The van der Waals surface area contributed by atoms with E-state index in [0.29, 0.717) is 11.1 Å². The maximum atomic E-state index is 4.57. The Morgan fingerprint density at radius 3 is 2.85 bits per heavy atom. The lowest BCUT2D eigenvalue weighted by Gasteiger charge is -2.16. The minimum atomic E-state index is 0.642. The van der Waals surface area contributed by atoms with Gasteiger partial charge in [-0.05, 0) is 31.5 Å². The minimum absolute atomic E-state index is 0.642. The van der Waals surface area contributed by atoms with Crippen LogP contribution in [0.15, 0.2) is 21.1 Å². The molecule has 0 saturated carbocycles. The van der Waals surface area contributed by atoms with E-state index < -0.39 is 0 Å². The van der Waals surface area contributed by atoms with E-state index >= 15 is 0 Å². The van der Waals surface area contributed by atoms with Gasteiger partial charge < -0.3 is 10.2 Å². The van der Waals surface area contributed by atoms with Crippen LogP contribution in [0.3, 0.4) is 0 Å². The highest BCUT2D eigenvalue weighted by atomic mass is 32.2. The average molecular weight is 308 g/mol. The van der Waals surface area contributed by atoms with E-state index in [9.17, 15) is 0 Å². The molecule has 1 aliphatic rings. The van der Waals surface area contributed by atoms with Crippen LogP contribution in [0.25, 0.3) is 0 Å². The highest BCUT2D eigenvalue weighted by molar-refractivity contribution is 8.00. The molecule has 0 atom stereocenters. The van der Waals surface area contributed by atoms with Crippen LogP contribution in [-0.2, 0) is 0 Å². The molecule has 0 aromatic carbocycles. The van der Waals surface area contributed by atoms with Crippen LogP contribution in [0.4, 0.5) is 11.9 Å². The molecule has 1 N–H and O–H groups in total. The number of nitrogens with one attached hydrogen (secondary N) is 1. The van der Waals surface area contributed by atoms with Crippen molar-refractivity contribution in [2.24, 2.45) is 0 Å². The predicted octanol–water partition coefficient (Wildman–Crippen LogP) is 2.51. The standard InChI is InChI=1S/C12H16N6S2/c1-2-13-9-15-10(18-6-3-4-7-18)17-11(16-9)20-12-14-5-8-19-12/h5,8H,2-4,6-7H2,1H3,(H,13,15,16,17). The molecule has 2 aromatic rings. The van der Waals surface area contributed by atoms with Crippen molar-refractivity contribution in [3.63, 3.8) is 0 Å². The first kappa shape index (κ1) is 13.6. The summed E-state index contributed by atoms with van der Waals surface area (Å²) in [5.41, 5.74) is 0. The third-order valence-electron chi connectivity index (χ3n) is 2.92. The smallest absolute Gasteiger partial charge is 0.231 e. The second-order valence-electron chi connectivity index (χ2n) is 4.37. The Balaban J connectivity index is 1.87. The summed E-state index contributed by atoms with van der Waals surface area (Å²) in [6.45, 7) is 4.88. The summed E-state index contributed by atoms with van der Waals surface area (Å²) in [6, 6.07) is 0. The summed E-state index contributed by atoms with van der Waals surface area (Å²) in [5, 5.41) is 5.83. The monoisotopic (exact) mass is 308 g/mol. The fourth-order valence-electron chi connectivity index (χ4n) is 2.03. The molecule has 0 amide bonds. The van der Waals surface area contributed by atoms with Crippen LogP contribution >= 0.6 is 23.1 Å². The van der Waals surface area contributed by atoms with Crippen molar-refractivity contribution in [3.05, 3.63) is 11.6 Å². The van der Waals surface area contributed by atoms with E-state index in [4.69, 9.17) is 0 Å². The fraction of sp³-hybridized carbons (Fsp3) is 0.500. The number of hydrogen-bond acceptors (Lipinski definition) is 8. The molecule has 0 spiro atoms. The van der Waals surface area contributed by atoms with Crippen molar-refractivity contribution in [1.29, 1.82) is 0 Å². The Hall–Kier alpha value is -1.41. The molecule has 1 saturated heterocycles. The summed E-state index contributed by atoms with van der Waals surface area (Å²) >= 11 is 3.08. The summed E-state index contributed by atoms with van der Waals surface area (Å²) in [4.78, 5) is 20.0. The Labute approximate surface area is 126 Å². The van der Waals surface area contributed by atoms with Crippen molar-refractivity contribution in [2.75, 3.05) is 29.9 Å². The molecule has 1 fully saturated rings. The summed E-state index contributed by atoms with van der Waals surface area (Å²) in [7, 11) is 0. The van der Waals surface area contributed by atoms with Gasteiger partial charge in [0.15, 0.2) is 4.34 Å². The van der Waals surface area contributed by atoms with E-state index in [1.54, 1.807) is 17.5 Å². The Morgan fingerprint density at radius 2 is 2.15 bits per heavy atom. The quantitative estimate of drug-likeness (QED) is 0.910. The molecule has 0 aliphatic carbocycles. The number of anilines is 2. The number of hydrogen-bond donors (Lipinski definition) is 1. The van der Waals surface area contributed by atoms with Crippen molar-refractivity contribution in [1.82, 2.24) is 19.9 Å². The Kier molecular flexibility index (Phi) is 4.31. The highest BCUT2D eigenvalue weighted by Gasteiger charge is 2.18. The summed E-state index contributed by atoms with van der Waals surface area (Å²) in [5.74, 6) is 1.41. The van der Waals surface area contributed by atoms with Crippen LogP contribution in [0.2, 0.25) is 0 Å². The van der Waals surface area contributed by atoms with Crippen LogP contribution in [0.1, 0.15) is 19.8 Å². The second kappa shape index (κ2) is 6.36. The number of nitrogens with zero attached hydrogens (tertiary/aromatic N) is 5. The van der Waals surface area contributed by atoms with Crippen molar-refractivity contribution in [2.45, 2.75) is 29.3 Å². The fourth-order valence-corrected chi connectivity index (χ4v) is 3.50. The lowest BCUT2D eigenvalue weighted by Crippen LogP contribution is -2.21. The van der Waals surface area contributed by atoms with Gasteiger partial charge >= 0.3 is 0 Å². The van der Waals surface area contributed by atoms with Crippen molar-refractivity contribution >= 4 is 35.0 Å². The van der Waals surface area contributed by atoms with Gasteiger partial charge in [0.1, 0.15) is 0 Å². The summed E-state index contributed by atoms with van der Waals surface area (Å²) < 4.78 is 0.950. The van der Waals surface area contributed by atoms with Crippen LogP contribution in [-0.4, -0.2) is 39.6 Å². The minimum Gasteiger partial charge on any atom is -0.354 e. The molecule has 3 rings (SSSR count). The van der Waals surface area contributed by atoms with E-state index in [-0.39, 0.29) is 0 Å². The topological polar surface area (TPSA) is 66.8 Å². The molecule has 6 nitrogen and oxygen atoms in total. The SMILES string of the molecule is CCNc1nc(Sc2nccs2)nc(N2CCCC2)n1. The normalized spacial score (nSPS) is 14.8. The van der Waals surface area contributed by atoms with Gasteiger partial charge in [-0.25, -0.2) is 4.98 Å². The van der Waals surface area contributed by atoms with Crippen LogP contribution in [0.5, 0.6) is 0 Å². The lowest BCUT2D eigenvalue weighted by molar-refractivity contribution is 0.826. The van der Waals surface area contributed by atoms with Crippen LogP contribution < -0.4 is 10.2 Å². The molecule has 0 unspecified atom stereocenters. The Morgan fingerprint density at radius 1 is 1.30 bits per heavy atom. The third-order valence-corrected chi connectivity index (χ3v) is 4.66. The molecular formula is C12H16N6S2. The van der Waals surface area contributed by atoms with E-state index in [1.807, 2.05) is 12.3 Å². The number of rotatable bonds is 5. The third kappa shape index (κ3) is 3.18.